The maximum Gasteiger partial charge on any atom is 0.243 e. The van der Waals surface area contributed by atoms with E-state index in [0.717, 1.165) is 11.3 Å². The second kappa shape index (κ2) is 4.97. The summed E-state index contributed by atoms with van der Waals surface area (Å²) in [6, 6.07) is 7.48. The second-order valence-corrected chi connectivity index (χ2v) is 3.84. The van der Waals surface area contributed by atoms with Gasteiger partial charge in [0.25, 0.3) is 0 Å². The van der Waals surface area contributed by atoms with Gasteiger partial charge in [0.05, 0.1) is 13.2 Å². The molecule has 2 rings (SSSR count). The molecule has 1 unspecified atom stereocenters. The van der Waals surface area contributed by atoms with Gasteiger partial charge in [-0.05, 0) is 31.0 Å². The SMILES string of the molecule is COc1ccc(CC(N)c2nc(C)no2)cc1. The monoisotopic (exact) mass is 233 g/mol. The van der Waals surface area contributed by atoms with Crippen LogP contribution in [-0.2, 0) is 6.42 Å². The maximum absolute atomic E-state index is 5.98. The smallest absolute Gasteiger partial charge is 0.243 e. The Labute approximate surface area is 99.6 Å². The van der Waals surface area contributed by atoms with Gasteiger partial charge in [-0.3, -0.25) is 0 Å². The van der Waals surface area contributed by atoms with Crippen LogP contribution in [0.1, 0.15) is 23.3 Å². The topological polar surface area (TPSA) is 74.2 Å². The Morgan fingerprint density at radius 1 is 1.35 bits per heavy atom. The molecule has 0 saturated heterocycles. The molecular formula is C12H15N3O2. The lowest BCUT2D eigenvalue weighted by Crippen LogP contribution is -2.13. The first-order chi connectivity index (χ1) is 8.19. The molecule has 1 aromatic heterocycles. The van der Waals surface area contributed by atoms with Gasteiger partial charge in [0.2, 0.25) is 5.89 Å². The second-order valence-electron chi connectivity index (χ2n) is 3.84. The van der Waals surface area contributed by atoms with E-state index >= 15 is 0 Å². The Bertz CT molecular complexity index is 479. The number of nitrogens with two attached hydrogens (primary N) is 1. The number of nitrogens with zero attached hydrogens (tertiary/aromatic N) is 2. The number of ether oxygens (including phenoxy) is 1. The Kier molecular flexibility index (Phi) is 3.39. The van der Waals surface area contributed by atoms with Crippen LogP contribution in [0.15, 0.2) is 28.8 Å². The zero-order chi connectivity index (χ0) is 12.3. The number of methoxy groups -OCH3 is 1. The molecule has 5 nitrogen and oxygen atoms in total. The van der Waals surface area contributed by atoms with Crippen molar-refractivity contribution in [3.63, 3.8) is 0 Å². The van der Waals surface area contributed by atoms with E-state index in [9.17, 15) is 0 Å². The molecule has 0 radical (unpaired) electrons. The molecule has 0 bridgehead atoms. The van der Waals surface area contributed by atoms with Crippen LogP contribution in [-0.4, -0.2) is 17.3 Å². The van der Waals surface area contributed by atoms with Crippen LogP contribution in [0.5, 0.6) is 5.75 Å². The lowest BCUT2D eigenvalue weighted by atomic mass is 10.1. The summed E-state index contributed by atoms with van der Waals surface area (Å²) in [6.45, 7) is 1.77. The number of hydrogen-bond donors (Lipinski definition) is 1. The van der Waals surface area contributed by atoms with Crippen LogP contribution in [0.3, 0.4) is 0 Å². The molecule has 0 amide bonds. The van der Waals surface area contributed by atoms with Crippen LogP contribution in [0, 0.1) is 6.92 Å². The summed E-state index contributed by atoms with van der Waals surface area (Å²) in [6.07, 6.45) is 0.658. The molecule has 0 spiro atoms. The molecule has 0 aliphatic heterocycles. The summed E-state index contributed by atoms with van der Waals surface area (Å²) in [5.74, 6) is 1.90. The van der Waals surface area contributed by atoms with Crippen LogP contribution < -0.4 is 10.5 Å². The largest absolute Gasteiger partial charge is 0.497 e. The third-order valence-electron chi connectivity index (χ3n) is 2.48. The molecule has 17 heavy (non-hydrogen) atoms. The van der Waals surface area contributed by atoms with E-state index in [4.69, 9.17) is 15.0 Å². The van der Waals surface area contributed by atoms with Gasteiger partial charge in [-0.2, -0.15) is 4.98 Å². The minimum atomic E-state index is -0.274. The van der Waals surface area contributed by atoms with E-state index in [1.807, 2.05) is 24.3 Å². The fourth-order valence-corrected chi connectivity index (χ4v) is 1.57. The van der Waals surface area contributed by atoms with Crippen LogP contribution in [0.4, 0.5) is 0 Å². The third-order valence-corrected chi connectivity index (χ3v) is 2.48. The van der Waals surface area contributed by atoms with Crippen LogP contribution >= 0.6 is 0 Å². The van der Waals surface area contributed by atoms with Crippen molar-refractivity contribution < 1.29 is 9.26 Å². The molecule has 0 aliphatic carbocycles. The molecule has 1 heterocycles. The Morgan fingerprint density at radius 3 is 2.59 bits per heavy atom. The molecule has 1 atom stereocenters. The maximum atomic E-state index is 5.98. The summed E-state index contributed by atoms with van der Waals surface area (Å²) in [5, 5.41) is 3.72. The Morgan fingerprint density at radius 2 is 2.06 bits per heavy atom. The highest BCUT2D eigenvalue weighted by Gasteiger charge is 2.13. The first-order valence-electron chi connectivity index (χ1n) is 5.38. The highest BCUT2D eigenvalue weighted by Crippen LogP contribution is 2.17. The van der Waals surface area contributed by atoms with Crippen molar-refractivity contribution in [2.45, 2.75) is 19.4 Å². The van der Waals surface area contributed by atoms with E-state index in [0.29, 0.717) is 18.1 Å². The zero-order valence-electron chi connectivity index (χ0n) is 9.88. The van der Waals surface area contributed by atoms with Gasteiger partial charge in [0.1, 0.15) is 5.75 Å². The van der Waals surface area contributed by atoms with Crippen molar-refractivity contribution in [1.82, 2.24) is 10.1 Å². The molecular weight excluding hydrogens is 218 g/mol. The Balaban J connectivity index is 2.04. The molecule has 1 aromatic carbocycles. The fraction of sp³-hybridized carbons (Fsp3) is 0.333. The third kappa shape index (κ3) is 2.82. The van der Waals surface area contributed by atoms with Crippen molar-refractivity contribution in [2.75, 3.05) is 7.11 Å². The zero-order valence-corrected chi connectivity index (χ0v) is 9.88. The van der Waals surface area contributed by atoms with E-state index in [1.54, 1.807) is 14.0 Å². The van der Waals surface area contributed by atoms with Gasteiger partial charge in [-0.25, -0.2) is 0 Å². The lowest BCUT2D eigenvalue weighted by molar-refractivity contribution is 0.351. The van der Waals surface area contributed by atoms with Gasteiger partial charge in [0.15, 0.2) is 5.82 Å². The van der Waals surface area contributed by atoms with E-state index in [1.165, 1.54) is 0 Å². The highest BCUT2D eigenvalue weighted by atomic mass is 16.5. The number of hydrogen-bond acceptors (Lipinski definition) is 5. The quantitative estimate of drug-likeness (QED) is 0.868. The van der Waals surface area contributed by atoms with Gasteiger partial charge < -0.3 is 15.0 Å². The predicted octanol–water partition coefficient (Wildman–Crippen LogP) is 1.63. The summed E-state index contributed by atoms with van der Waals surface area (Å²) in [5.41, 5.74) is 7.09. The van der Waals surface area contributed by atoms with Crippen molar-refractivity contribution in [2.24, 2.45) is 5.73 Å². The first-order valence-corrected chi connectivity index (χ1v) is 5.38. The molecule has 90 valence electrons. The van der Waals surface area contributed by atoms with Crippen LogP contribution in [0.2, 0.25) is 0 Å². The minimum absolute atomic E-state index is 0.274. The van der Waals surface area contributed by atoms with Gasteiger partial charge in [0, 0.05) is 0 Å². The molecule has 0 saturated carbocycles. The number of benzene rings is 1. The average Bonchev–Trinajstić information content (AvgIpc) is 2.77. The first kappa shape index (κ1) is 11.6. The molecule has 0 aliphatic rings. The molecule has 5 heteroatoms. The number of aromatic nitrogens is 2. The Hall–Kier alpha value is -1.88. The average molecular weight is 233 g/mol. The van der Waals surface area contributed by atoms with E-state index in [-0.39, 0.29) is 6.04 Å². The van der Waals surface area contributed by atoms with Crippen LogP contribution in [0.25, 0.3) is 0 Å². The summed E-state index contributed by atoms with van der Waals surface area (Å²) in [4.78, 5) is 4.11. The van der Waals surface area contributed by atoms with Crippen molar-refractivity contribution >= 4 is 0 Å². The van der Waals surface area contributed by atoms with Crippen molar-refractivity contribution in [1.29, 1.82) is 0 Å². The summed E-state index contributed by atoms with van der Waals surface area (Å²) >= 11 is 0. The van der Waals surface area contributed by atoms with Crippen molar-refractivity contribution in [3.05, 3.63) is 41.5 Å². The highest BCUT2D eigenvalue weighted by molar-refractivity contribution is 5.27. The fourth-order valence-electron chi connectivity index (χ4n) is 1.57. The lowest BCUT2D eigenvalue weighted by Gasteiger charge is -2.07. The van der Waals surface area contributed by atoms with Gasteiger partial charge >= 0.3 is 0 Å². The minimum Gasteiger partial charge on any atom is -0.497 e. The molecule has 2 N–H and O–H groups in total. The number of rotatable bonds is 4. The normalized spacial score (nSPS) is 12.4. The van der Waals surface area contributed by atoms with Crippen molar-refractivity contribution in [3.8, 4) is 5.75 Å². The van der Waals surface area contributed by atoms with E-state index < -0.39 is 0 Å². The van der Waals surface area contributed by atoms with Gasteiger partial charge in [-0.1, -0.05) is 17.3 Å². The standard InChI is InChI=1S/C12H15N3O2/c1-8-14-12(17-15-8)11(13)7-9-3-5-10(16-2)6-4-9/h3-6,11H,7,13H2,1-2H3. The molecule has 0 fully saturated rings. The molecule has 2 aromatic rings. The van der Waals surface area contributed by atoms with Gasteiger partial charge in [-0.15, -0.1) is 0 Å². The summed E-state index contributed by atoms with van der Waals surface area (Å²) in [7, 11) is 1.64. The number of aryl methyl sites for hydroxylation is 1. The summed E-state index contributed by atoms with van der Waals surface area (Å²) < 4.78 is 10.1. The predicted molar refractivity (Wildman–Crippen MR) is 62.7 cm³/mol. The van der Waals surface area contributed by atoms with E-state index in [2.05, 4.69) is 10.1 Å².